The van der Waals surface area contributed by atoms with Crippen LogP contribution in [0.25, 0.3) is 116 Å². The Labute approximate surface area is 325 Å². The van der Waals surface area contributed by atoms with Gasteiger partial charge < -0.3 is 4.40 Å². The summed E-state index contributed by atoms with van der Waals surface area (Å²) >= 11 is 0. The van der Waals surface area contributed by atoms with Crippen molar-refractivity contribution in [3.05, 3.63) is 182 Å². The zero-order chi connectivity index (χ0) is 37.2. The maximum absolute atomic E-state index is 5.39. The number of hydrogen-bond donors (Lipinski definition) is 0. The van der Waals surface area contributed by atoms with E-state index >= 15 is 0 Å². The summed E-state index contributed by atoms with van der Waals surface area (Å²) in [5.41, 5.74) is 11.0. The van der Waals surface area contributed by atoms with Crippen LogP contribution in [0.4, 0.5) is 0 Å². The Kier molecular flexibility index (Phi) is 6.07. The summed E-state index contributed by atoms with van der Waals surface area (Å²) in [4.78, 5) is 16.1. The van der Waals surface area contributed by atoms with E-state index in [1.807, 2.05) is 0 Å². The van der Waals surface area contributed by atoms with Crippen molar-refractivity contribution in [2.24, 2.45) is 0 Å². The summed E-state index contributed by atoms with van der Waals surface area (Å²) in [6.45, 7) is 0. The number of aromatic nitrogens is 6. The molecule has 57 heavy (non-hydrogen) atoms. The van der Waals surface area contributed by atoms with Gasteiger partial charge in [-0.1, -0.05) is 140 Å². The molecule has 0 unspecified atom stereocenters. The van der Waals surface area contributed by atoms with E-state index in [1.54, 1.807) is 0 Å². The lowest BCUT2D eigenvalue weighted by molar-refractivity contribution is 0.893. The molecule has 0 saturated heterocycles. The summed E-state index contributed by atoms with van der Waals surface area (Å²) in [6.07, 6.45) is 0. The van der Waals surface area contributed by atoms with Crippen LogP contribution in [0.15, 0.2) is 182 Å². The fourth-order valence-electron chi connectivity index (χ4n) is 9.39. The molecular weight excluding hydrogens is 697 g/mol. The maximum atomic E-state index is 5.39. The first-order chi connectivity index (χ1) is 28.3. The van der Waals surface area contributed by atoms with E-state index in [1.165, 1.54) is 43.7 Å². The number of fused-ring (bicyclic) bond motifs is 12. The van der Waals surface area contributed by atoms with Crippen molar-refractivity contribution in [2.45, 2.75) is 0 Å². The number of para-hydroxylation sites is 5. The molecule has 0 aliphatic carbocycles. The molecular formula is C51H30N6. The van der Waals surface area contributed by atoms with Gasteiger partial charge in [0.1, 0.15) is 0 Å². The summed E-state index contributed by atoms with van der Waals surface area (Å²) in [6, 6.07) is 64.8. The van der Waals surface area contributed by atoms with E-state index in [4.69, 9.17) is 15.0 Å². The fourth-order valence-corrected chi connectivity index (χ4v) is 9.39. The zero-order valence-corrected chi connectivity index (χ0v) is 30.5. The lowest BCUT2D eigenvalue weighted by Gasteiger charge is -2.13. The Morgan fingerprint density at radius 3 is 1.39 bits per heavy atom. The SMILES string of the molecule is c1ccc(-c2ccc3c(c2)c2ccccc2n3-c2nc(-c3ccc4c5cccc6c7ccccc7n(c4c3)c65)nc(-n3c4ccccc4c4ccccc43)n2)cc1. The van der Waals surface area contributed by atoms with Crippen molar-refractivity contribution in [3.63, 3.8) is 0 Å². The molecule has 0 N–H and O–H groups in total. The molecule has 0 fully saturated rings. The number of hydrogen-bond acceptors (Lipinski definition) is 3. The average molecular weight is 727 g/mol. The fraction of sp³-hybridized carbons (Fsp3) is 0. The van der Waals surface area contributed by atoms with Gasteiger partial charge >= 0.3 is 0 Å². The highest BCUT2D eigenvalue weighted by Gasteiger charge is 2.22. The Morgan fingerprint density at radius 1 is 0.281 bits per heavy atom. The Balaban J connectivity index is 1.12. The van der Waals surface area contributed by atoms with E-state index < -0.39 is 0 Å². The Bertz CT molecular complexity index is 3700. The van der Waals surface area contributed by atoms with Crippen LogP contribution in [-0.2, 0) is 0 Å². The maximum Gasteiger partial charge on any atom is 0.240 e. The summed E-state index contributed by atoms with van der Waals surface area (Å²) in [7, 11) is 0. The van der Waals surface area contributed by atoms with Gasteiger partial charge in [0.05, 0.1) is 38.6 Å². The molecule has 13 rings (SSSR count). The van der Waals surface area contributed by atoms with E-state index in [0.717, 1.165) is 54.7 Å². The van der Waals surface area contributed by atoms with Crippen molar-refractivity contribution < 1.29 is 0 Å². The van der Waals surface area contributed by atoms with Gasteiger partial charge in [0.25, 0.3) is 0 Å². The predicted octanol–water partition coefficient (Wildman–Crippen LogP) is 12.5. The number of rotatable bonds is 4. The highest BCUT2D eigenvalue weighted by atomic mass is 15.3. The van der Waals surface area contributed by atoms with Crippen molar-refractivity contribution in [2.75, 3.05) is 0 Å². The van der Waals surface area contributed by atoms with Crippen molar-refractivity contribution in [1.29, 1.82) is 0 Å². The van der Waals surface area contributed by atoms with Crippen LogP contribution < -0.4 is 0 Å². The molecule has 0 aliphatic rings. The lowest BCUT2D eigenvalue weighted by atomic mass is 10.0. The van der Waals surface area contributed by atoms with Gasteiger partial charge in [0.15, 0.2) is 5.82 Å². The first-order valence-corrected chi connectivity index (χ1v) is 19.3. The summed E-state index contributed by atoms with van der Waals surface area (Å²) in [5, 5.41) is 9.56. The second-order valence-corrected chi connectivity index (χ2v) is 14.9. The second kappa shape index (κ2) is 11.4. The summed E-state index contributed by atoms with van der Waals surface area (Å²) in [5.74, 6) is 1.74. The minimum atomic E-state index is 0.563. The molecule has 0 spiro atoms. The zero-order valence-electron chi connectivity index (χ0n) is 30.5. The second-order valence-electron chi connectivity index (χ2n) is 14.9. The van der Waals surface area contributed by atoms with Crippen LogP contribution in [0.1, 0.15) is 0 Å². The van der Waals surface area contributed by atoms with Gasteiger partial charge in [-0.05, 0) is 53.6 Å². The third kappa shape index (κ3) is 4.21. The van der Waals surface area contributed by atoms with Crippen LogP contribution in [0, 0.1) is 0 Å². The van der Waals surface area contributed by atoms with Crippen LogP contribution in [-0.4, -0.2) is 28.5 Å². The van der Waals surface area contributed by atoms with Crippen LogP contribution in [0.3, 0.4) is 0 Å². The van der Waals surface area contributed by atoms with E-state index in [9.17, 15) is 0 Å². The van der Waals surface area contributed by atoms with Crippen LogP contribution in [0.2, 0.25) is 0 Å². The van der Waals surface area contributed by atoms with Gasteiger partial charge in [0, 0.05) is 48.7 Å². The van der Waals surface area contributed by atoms with Crippen molar-refractivity contribution >= 4 is 81.7 Å². The largest absolute Gasteiger partial charge is 0.308 e. The van der Waals surface area contributed by atoms with Crippen LogP contribution >= 0.6 is 0 Å². The molecule has 5 heterocycles. The van der Waals surface area contributed by atoms with E-state index in [0.29, 0.717) is 17.7 Å². The molecule has 264 valence electrons. The molecule has 6 nitrogen and oxygen atoms in total. The quantitative estimate of drug-likeness (QED) is 0.181. The standard InChI is InChI=1S/C51H30N6/c1-2-13-31(14-3-1)32-26-28-46-41(29-32)37-18-7-11-24-45(37)57(46)51-53-49(52-50(54-51)56-43-22-9-4-15-34(43)35-16-5-10-23-44(35)56)33-25-27-38-40-20-12-19-39-36-17-6-8-21-42(36)55(48(39)40)47(38)30-33/h1-30H. The first kappa shape index (κ1) is 30.5. The molecule has 0 saturated carbocycles. The van der Waals surface area contributed by atoms with E-state index in [2.05, 4.69) is 196 Å². The Hall–Kier alpha value is -7.83. The summed E-state index contributed by atoms with van der Waals surface area (Å²) < 4.78 is 6.80. The third-order valence-electron chi connectivity index (χ3n) is 11.9. The molecule has 8 aromatic carbocycles. The molecule has 0 radical (unpaired) electrons. The van der Waals surface area contributed by atoms with Gasteiger partial charge in [-0.25, -0.2) is 0 Å². The number of benzene rings is 8. The van der Waals surface area contributed by atoms with Gasteiger partial charge in [0.2, 0.25) is 11.9 Å². The van der Waals surface area contributed by atoms with Crippen molar-refractivity contribution in [1.82, 2.24) is 28.5 Å². The van der Waals surface area contributed by atoms with Crippen LogP contribution in [0.5, 0.6) is 0 Å². The lowest BCUT2D eigenvalue weighted by Crippen LogP contribution is -2.10. The monoisotopic (exact) mass is 726 g/mol. The average Bonchev–Trinajstić information content (AvgIpc) is 4.01. The smallest absolute Gasteiger partial charge is 0.240 e. The molecule has 6 heteroatoms. The molecule has 0 aliphatic heterocycles. The van der Waals surface area contributed by atoms with E-state index in [-0.39, 0.29) is 0 Å². The van der Waals surface area contributed by atoms with Gasteiger partial charge in [-0.3, -0.25) is 9.13 Å². The van der Waals surface area contributed by atoms with Crippen molar-refractivity contribution in [3.8, 4) is 34.4 Å². The molecule has 13 aromatic rings. The normalized spacial score (nSPS) is 12.2. The molecule has 0 atom stereocenters. The first-order valence-electron chi connectivity index (χ1n) is 19.3. The molecule has 5 aromatic heterocycles. The highest BCUT2D eigenvalue weighted by molar-refractivity contribution is 6.23. The van der Waals surface area contributed by atoms with Gasteiger partial charge in [-0.2, -0.15) is 15.0 Å². The minimum Gasteiger partial charge on any atom is -0.308 e. The highest BCUT2D eigenvalue weighted by Crippen LogP contribution is 2.41. The minimum absolute atomic E-state index is 0.563. The number of nitrogens with zero attached hydrogens (tertiary/aromatic N) is 6. The predicted molar refractivity (Wildman–Crippen MR) is 234 cm³/mol. The molecule has 0 bridgehead atoms. The Morgan fingerprint density at radius 2 is 0.754 bits per heavy atom. The topological polar surface area (TPSA) is 52.9 Å². The third-order valence-corrected chi connectivity index (χ3v) is 11.9. The van der Waals surface area contributed by atoms with Gasteiger partial charge in [-0.15, -0.1) is 0 Å². The molecule has 0 amide bonds.